The molecule has 16 heavy (non-hydrogen) atoms. The maximum Gasteiger partial charge on any atom is 0.158 e. The van der Waals surface area contributed by atoms with E-state index in [1.807, 2.05) is 13.8 Å². The number of nitrogens with zero attached hydrogens (tertiary/aromatic N) is 1. The fraction of sp³-hybridized carbons (Fsp3) is 1.00. The van der Waals surface area contributed by atoms with Crippen LogP contribution in [0.25, 0.3) is 0 Å². The van der Waals surface area contributed by atoms with E-state index < -0.39 is 0 Å². The smallest absolute Gasteiger partial charge is 0.158 e. The third-order valence-corrected chi connectivity index (χ3v) is 3.05. The molecule has 0 radical (unpaired) electrons. The van der Waals surface area contributed by atoms with Crippen LogP contribution in [0.1, 0.15) is 40.0 Å². The lowest BCUT2D eigenvalue weighted by molar-refractivity contribution is -0.141. The van der Waals surface area contributed by atoms with Gasteiger partial charge in [0.2, 0.25) is 0 Å². The Balaban J connectivity index is 2.16. The Kier molecular flexibility index (Phi) is 7.01. The molecule has 0 spiro atoms. The summed E-state index contributed by atoms with van der Waals surface area (Å²) in [5, 5.41) is 0. The first-order valence-corrected chi connectivity index (χ1v) is 6.75. The minimum absolute atomic E-state index is 0.0109. The highest BCUT2D eigenvalue weighted by molar-refractivity contribution is 4.77. The Morgan fingerprint density at radius 3 is 2.19 bits per heavy atom. The molecule has 0 saturated heterocycles. The summed E-state index contributed by atoms with van der Waals surface area (Å²) in [5.41, 5.74) is 0. The van der Waals surface area contributed by atoms with Crippen molar-refractivity contribution in [3.8, 4) is 0 Å². The second-order valence-electron chi connectivity index (χ2n) is 4.47. The van der Waals surface area contributed by atoms with E-state index in [0.29, 0.717) is 0 Å². The molecule has 0 aromatic heterocycles. The van der Waals surface area contributed by atoms with Crippen molar-refractivity contribution in [3.05, 3.63) is 0 Å². The van der Waals surface area contributed by atoms with Gasteiger partial charge in [-0.25, -0.2) is 0 Å². The topological polar surface area (TPSA) is 21.7 Å². The van der Waals surface area contributed by atoms with Crippen LogP contribution in [0.5, 0.6) is 0 Å². The van der Waals surface area contributed by atoms with Crippen molar-refractivity contribution < 1.29 is 9.47 Å². The van der Waals surface area contributed by atoms with Gasteiger partial charge in [0.05, 0.1) is 0 Å². The van der Waals surface area contributed by atoms with Crippen molar-refractivity contribution in [3.63, 3.8) is 0 Å². The SMILES string of the molecule is CCOC(CCN(CC)CC1CC1)OCC. The van der Waals surface area contributed by atoms with Crippen molar-refractivity contribution in [2.75, 3.05) is 32.8 Å². The van der Waals surface area contributed by atoms with Gasteiger partial charge in [0.25, 0.3) is 0 Å². The maximum absolute atomic E-state index is 5.55. The predicted molar refractivity (Wildman–Crippen MR) is 66.5 cm³/mol. The molecule has 1 aliphatic carbocycles. The van der Waals surface area contributed by atoms with Gasteiger partial charge in [-0.05, 0) is 39.2 Å². The number of hydrogen-bond acceptors (Lipinski definition) is 3. The quantitative estimate of drug-likeness (QED) is 0.537. The molecule has 0 heterocycles. The highest BCUT2D eigenvalue weighted by Gasteiger charge is 2.23. The molecule has 0 atom stereocenters. The fourth-order valence-electron chi connectivity index (χ4n) is 1.92. The van der Waals surface area contributed by atoms with Crippen molar-refractivity contribution in [2.24, 2.45) is 5.92 Å². The summed E-state index contributed by atoms with van der Waals surface area (Å²) in [4.78, 5) is 2.52. The Morgan fingerprint density at radius 2 is 1.75 bits per heavy atom. The van der Waals surface area contributed by atoms with E-state index in [2.05, 4.69) is 11.8 Å². The van der Waals surface area contributed by atoms with E-state index in [4.69, 9.17) is 9.47 Å². The molecule has 0 aromatic rings. The molecule has 0 unspecified atom stereocenters. The normalized spacial score (nSPS) is 16.3. The van der Waals surface area contributed by atoms with Gasteiger partial charge in [-0.1, -0.05) is 6.92 Å². The molecule has 1 fully saturated rings. The Bertz CT molecular complexity index is 163. The zero-order valence-electron chi connectivity index (χ0n) is 11.1. The van der Waals surface area contributed by atoms with Crippen molar-refractivity contribution >= 4 is 0 Å². The van der Waals surface area contributed by atoms with Gasteiger partial charge in [-0.2, -0.15) is 0 Å². The Labute approximate surface area is 100 Å². The lowest BCUT2D eigenvalue weighted by Gasteiger charge is -2.23. The molecule has 0 N–H and O–H groups in total. The highest BCUT2D eigenvalue weighted by atomic mass is 16.7. The van der Waals surface area contributed by atoms with Crippen LogP contribution in [0, 0.1) is 5.92 Å². The lowest BCUT2D eigenvalue weighted by atomic mass is 10.3. The number of hydrogen-bond donors (Lipinski definition) is 0. The molecular formula is C13H27NO2. The number of ether oxygens (including phenoxy) is 2. The standard InChI is InChI=1S/C13H27NO2/c1-4-14(11-12-7-8-12)10-9-13(15-5-2)16-6-3/h12-13H,4-11H2,1-3H3. The van der Waals surface area contributed by atoms with Crippen LogP contribution in [-0.2, 0) is 9.47 Å². The fourth-order valence-corrected chi connectivity index (χ4v) is 1.92. The third-order valence-electron chi connectivity index (χ3n) is 3.05. The van der Waals surface area contributed by atoms with Crippen LogP contribution in [0.3, 0.4) is 0 Å². The van der Waals surface area contributed by atoms with Crippen LogP contribution in [-0.4, -0.2) is 44.0 Å². The summed E-state index contributed by atoms with van der Waals surface area (Å²) >= 11 is 0. The monoisotopic (exact) mass is 229 g/mol. The molecule has 1 saturated carbocycles. The molecule has 96 valence electrons. The van der Waals surface area contributed by atoms with Gasteiger partial charge in [0.1, 0.15) is 0 Å². The molecule has 1 aliphatic rings. The molecule has 3 heteroatoms. The van der Waals surface area contributed by atoms with E-state index >= 15 is 0 Å². The molecule has 0 amide bonds. The summed E-state index contributed by atoms with van der Waals surface area (Å²) < 4.78 is 11.1. The van der Waals surface area contributed by atoms with Crippen LogP contribution in [0.15, 0.2) is 0 Å². The summed E-state index contributed by atoms with van der Waals surface area (Å²) in [5.74, 6) is 0.970. The largest absolute Gasteiger partial charge is 0.353 e. The second kappa shape index (κ2) is 8.04. The second-order valence-corrected chi connectivity index (χ2v) is 4.47. The molecule has 3 nitrogen and oxygen atoms in total. The van der Waals surface area contributed by atoms with Crippen molar-refractivity contribution in [2.45, 2.75) is 46.3 Å². The Morgan fingerprint density at radius 1 is 1.12 bits per heavy atom. The minimum atomic E-state index is -0.0109. The predicted octanol–water partition coefficient (Wildman–Crippen LogP) is 2.51. The summed E-state index contributed by atoms with van der Waals surface area (Å²) in [6.45, 7) is 11.2. The van der Waals surface area contributed by atoms with Crippen LogP contribution >= 0.6 is 0 Å². The van der Waals surface area contributed by atoms with Crippen LogP contribution < -0.4 is 0 Å². The van der Waals surface area contributed by atoms with E-state index in [9.17, 15) is 0 Å². The van der Waals surface area contributed by atoms with E-state index in [1.54, 1.807) is 0 Å². The van der Waals surface area contributed by atoms with E-state index in [-0.39, 0.29) is 6.29 Å². The first-order valence-electron chi connectivity index (χ1n) is 6.75. The van der Waals surface area contributed by atoms with Crippen LogP contribution in [0.4, 0.5) is 0 Å². The van der Waals surface area contributed by atoms with Gasteiger partial charge < -0.3 is 14.4 Å². The van der Waals surface area contributed by atoms with Crippen molar-refractivity contribution in [1.29, 1.82) is 0 Å². The van der Waals surface area contributed by atoms with Gasteiger partial charge in [-0.15, -0.1) is 0 Å². The average Bonchev–Trinajstić information content (AvgIpc) is 3.08. The Hall–Kier alpha value is -0.120. The molecule has 1 rings (SSSR count). The summed E-state index contributed by atoms with van der Waals surface area (Å²) in [7, 11) is 0. The van der Waals surface area contributed by atoms with Gasteiger partial charge in [0, 0.05) is 32.7 Å². The van der Waals surface area contributed by atoms with Crippen molar-refractivity contribution in [1.82, 2.24) is 4.90 Å². The third kappa shape index (κ3) is 5.83. The zero-order valence-corrected chi connectivity index (χ0v) is 11.1. The first-order chi connectivity index (χ1) is 7.80. The average molecular weight is 229 g/mol. The van der Waals surface area contributed by atoms with E-state index in [0.717, 1.165) is 38.6 Å². The first kappa shape index (κ1) is 13.9. The van der Waals surface area contributed by atoms with E-state index in [1.165, 1.54) is 19.4 Å². The summed E-state index contributed by atoms with van der Waals surface area (Å²) in [6, 6.07) is 0. The summed E-state index contributed by atoms with van der Waals surface area (Å²) in [6.07, 6.45) is 3.83. The minimum Gasteiger partial charge on any atom is -0.353 e. The molecule has 0 bridgehead atoms. The van der Waals surface area contributed by atoms with Gasteiger partial charge in [-0.3, -0.25) is 0 Å². The van der Waals surface area contributed by atoms with Gasteiger partial charge >= 0.3 is 0 Å². The van der Waals surface area contributed by atoms with Crippen LogP contribution in [0.2, 0.25) is 0 Å². The molecular weight excluding hydrogens is 202 g/mol. The van der Waals surface area contributed by atoms with Gasteiger partial charge in [0.15, 0.2) is 6.29 Å². The molecule has 0 aliphatic heterocycles. The molecule has 0 aromatic carbocycles. The highest BCUT2D eigenvalue weighted by Crippen LogP contribution is 2.29. The maximum atomic E-state index is 5.55. The lowest BCUT2D eigenvalue weighted by Crippen LogP contribution is -2.31. The number of rotatable bonds is 10. The zero-order chi connectivity index (χ0) is 11.8.